The first-order valence-corrected chi connectivity index (χ1v) is 7.41. The van der Waals surface area contributed by atoms with Gasteiger partial charge in [0.25, 0.3) is 5.91 Å². The van der Waals surface area contributed by atoms with E-state index in [1.165, 1.54) is 18.7 Å². The molecule has 0 aromatic carbocycles. The molecule has 1 aliphatic rings. The molecule has 18 heavy (non-hydrogen) atoms. The summed E-state index contributed by atoms with van der Waals surface area (Å²) in [5, 5.41) is 3.26. The minimum absolute atomic E-state index is 0.186. The molecule has 2 rings (SSSR count). The van der Waals surface area contributed by atoms with Gasteiger partial charge >= 0.3 is 0 Å². The van der Waals surface area contributed by atoms with Crippen molar-refractivity contribution < 1.29 is 4.79 Å². The summed E-state index contributed by atoms with van der Waals surface area (Å²) < 4.78 is 0.209. The Morgan fingerprint density at radius 2 is 2.39 bits per heavy atom. The maximum Gasteiger partial charge on any atom is 0.253 e. The smallest absolute Gasteiger partial charge is 0.253 e. The second-order valence-electron chi connectivity index (χ2n) is 4.51. The molecule has 3 N–H and O–H groups in total. The molecular formula is C12H16ClN3OS. The van der Waals surface area contributed by atoms with Gasteiger partial charge in [0.15, 0.2) is 0 Å². The highest BCUT2D eigenvalue weighted by atomic mass is 35.5. The van der Waals surface area contributed by atoms with Gasteiger partial charge in [-0.2, -0.15) is 11.8 Å². The zero-order valence-electron chi connectivity index (χ0n) is 10.2. The third kappa shape index (κ3) is 2.72. The van der Waals surface area contributed by atoms with Crippen molar-refractivity contribution in [3.63, 3.8) is 0 Å². The standard InChI is InChI=1S/C12H16ClN3OS/c1-18-12(3-2-4-12)7-16-11(17)8-5-10(14)15-6-9(8)13/h5-6H,2-4,7H2,1H3,(H2,14,15)(H,16,17). The van der Waals surface area contributed by atoms with E-state index in [0.717, 1.165) is 12.8 Å². The summed E-state index contributed by atoms with van der Waals surface area (Å²) in [4.78, 5) is 15.9. The van der Waals surface area contributed by atoms with E-state index >= 15 is 0 Å². The number of halogens is 1. The molecule has 0 unspecified atom stereocenters. The number of rotatable bonds is 4. The quantitative estimate of drug-likeness (QED) is 0.891. The van der Waals surface area contributed by atoms with Crippen LogP contribution in [-0.2, 0) is 0 Å². The Labute approximate surface area is 116 Å². The summed E-state index contributed by atoms with van der Waals surface area (Å²) in [5.41, 5.74) is 5.95. The number of nitrogens with one attached hydrogen (secondary N) is 1. The fourth-order valence-electron chi connectivity index (χ4n) is 1.99. The molecule has 1 aromatic rings. The average Bonchev–Trinajstić information content (AvgIpc) is 2.31. The van der Waals surface area contributed by atoms with Crippen molar-refractivity contribution in [2.24, 2.45) is 0 Å². The molecule has 1 heterocycles. The summed E-state index contributed by atoms with van der Waals surface area (Å²) in [6, 6.07) is 1.50. The third-order valence-electron chi connectivity index (χ3n) is 3.39. The van der Waals surface area contributed by atoms with E-state index in [2.05, 4.69) is 16.6 Å². The van der Waals surface area contributed by atoms with Gasteiger partial charge in [0.05, 0.1) is 10.6 Å². The van der Waals surface area contributed by atoms with E-state index in [4.69, 9.17) is 17.3 Å². The number of carbonyl (C=O) groups excluding carboxylic acids is 1. The number of aromatic nitrogens is 1. The Balaban J connectivity index is 2.01. The lowest BCUT2D eigenvalue weighted by molar-refractivity contribution is 0.0944. The number of pyridine rings is 1. The van der Waals surface area contributed by atoms with Crippen LogP contribution in [0.25, 0.3) is 0 Å². The van der Waals surface area contributed by atoms with E-state index < -0.39 is 0 Å². The second-order valence-corrected chi connectivity index (χ2v) is 6.19. The van der Waals surface area contributed by atoms with Gasteiger partial charge in [-0.05, 0) is 25.2 Å². The van der Waals surface area contributed by atoms with E-state index in [0.29, 0.717) is 22.9 Å². The molecule has 0 atom stereocenters. The van der Waals surface area contributed by atoms with Crippen LogP contribution in [0.2, 0.25) is 5.02 Å². The van der Waals surface area contributed by atoms with Crippen LogP contribution in [0.1, 0.15) is 29.6 Å². The zero-order chi connectivity index (χ0) is 13.2. The van der Waals surface area contributed by atoms with Gasteiger partial charge in [-0.3, -0.25) is 4.79 Å². The number of hydrogen-bond donors (Lipinski definition) is 2. The molecule has 0 aliphatic heterocycles. The summed E-state index contributed by atoms with van der Waals surface area (Å²) in [6.07, 6.45) is 7.03. The normalized spacial score (nSPS) is 17.0. The van der Waals surface area contributed by atoms with Crippen molar-refractivity contribution in [3.05, 3.63) is 22.8 Å². The first-order valence-electron chi connectivity index (χ1n) is 5.81. The summed E-state index contributed by atoms with van der Waals surface area (Å²) in [5.74, 6) is 0.113. The topological polar surface area (TPSA) is 68.0 Å². The number of nitrogen functional groups attached to an aromatic ring is 1. The van der Waals surface area contributed by atoms with E-state index in [1.54, 1.807) is 0 Å². The molecule has 1 aliphatic carbocycles. The van der Waals surface area contributed by atoms with E-state index in [9.17, 15) is 4.79 Å². The minimum atomic E-state index is -0.186. The maximum absolute atomic E-state index is 12.0. The molecule has 0 spiro atoms. The maximum atomic E-state index is 12.0. The fourth-order valence-corrected chi connectivity index (χ4v) is 3.09. The van der Waals surface area contributed by atoms with Gasteiger partial charge < -0.3 is 11.1 Å². The molecule has 6 heteroatoms. The number of thioether (sulfide) groups is 1. The van der Waals surface area contributed by atoms with Gasteiger partial charge in [-0.25, -0.2) is 4.98 Å². The van der Waals surface area contributed by atoms with Gasteiger partial charge in [-0.1, -0.05) is 18.0 Å². The molecular weight excluding hydrogens is 270 g/mol. The van der Waals surface area contributed by atoms with Gasteiger partial charge in [0.2, 0.25) is 0 Å². The number of nitrogens with zero attached hydrogens (tertiary/aromatic N) is 1. The molecule has 4 nitrogen and oxygen atoms in total. The van der Waals surface area contributed by atoms with Crippen LogP contribution in [0.3, 0.4) is 0 Å². The lowest BCUT2D eigenvalue weighted by Crippen LogP contribution is -2.45. The molecule has 1 aromatic heterocycles. The van der Waals surface area contributed by atoms with Crippen LogP contribution in [0.4, 0.5) is 5.82 Å². The predicted octanol–water partition coefficient (Wildman–Crippen LogP) is 2.33. The molecule has 0 radical (unpaired) electrons. The Hall–Kier alpha value is -0.940. The van der Waals surface area contributed by atoms with Gasteiger partial charge in [0.1, 0.15) is 5.82 Å². The lowest BCUT2D eigenvalue weighted by Gasteiger charge is -2.40. The van der Waals surface area contributed by atoms with Crippen molar-refractivity contribution >= 4 is 35.1 Å². The Morgan fingerprint density at radius 1 is 1.67 bits per heavy atom. The Bertz CT molecular complexity index is 457. The number of hydrogen-bond acceptors (Lipinski definition) is 4. The van der Waals surface area contributed by atoms with Crippen LogP contribution in [0, 0.1) is 0 Å². The molecule has 1 fully saturated rings. The van der Waals surface area contributed by atoms with Gasteiger partial charge in [-0.15, -0.1) is 0 Å². The summed E-state index contributed by atoms with van der Waals surface area (Å²) in [6.45, 7) is 0.672. The van der Waals surface area contributed by atoms with Crippen LogP contribution in [-0.4, -0.2) is 28.4 Å². The third-order valence-corrected chi connectivity index (χ3v) is 5.11. The van der Waals surface area contributed by atoms with Gasteiger partial charge in [0, 0.05) is 17.5 Å². The summed E-state index contributed by atoms with van der Waals surface area (Å²) >= 11 is 7.76. The zero-order valence-corrected chi connectivity index (χ0v) is 11.8. The molecule has 98 valence electrons. The Morgan fingerprint density at radius 3 is 2.94 bits per heavy atom. The number of carbonyl (C=O) groups is 1. The van der Waals surface area contributed by atoms with Crippen molar-refractivity contribution in [3.8, 4) is 0 Å². The second kappa shape index (κ2) is 5.36. The van der Waals surface area contributed by atoms with Crippen LogP contribution < -0.4 is 11.1 Å². The Kier molecular flexibility index (Phi) is 4.02. The van der Waals surface area contributed by atoms with Crippen LogP contribution in [0.5, 0.6) is 0 Å². The largest absolute Gasteiger partial charge is 0.384 e. The summed E-state index contributed by atoms with van der Waals surface area (Å²) in [7, 11) is 0. The van der Waals surface area contributed by atoms with Crippen molar-refractivity contribution in [2.45, 2.75) is 24.0 Å². The van der Waals surface area contributed by atoms with E-state index in [1.807, 2.05) is 11.8 Å². The number of amides is 1. The predicted molar refractivity (Wildman–Crippen MR) is 76.1 cm³/mol. The van der Waals surface area contributed by atoms with Crippen LogP contribution in [0.15, 0.2) is 12.3 Å². The molecule has 1 saturated carbocycles. The molecule has 1 amide bonds. The molecule has 0 saturated heterocycles. The highest BCUT2D eigenvalue weighted by molar-refractivity contribution is 8.00. The average molecular weight is 286 g/mol. The molecule has 0 bridgehead atoms. The highest BCUT2D eigenvalue weighted by Crippen LogP contribution is 2.42. The number of anilines is 1. The van der Waals surface area contributed by atoms with Crippen molar-refractivity contribution in [1.29, 1.82) is 0 Å². The first kappa shape index (κ1) is 13.5. The number of nitrogens with two attached hydrogens (primary N) is 1. The minimum Gasteiger partial charge on any atom is -0.384 e. The monoisotopic (exact) mass is 285 g/mol. The fraction of sp³-hybridized carbons (Fsp3) is 0.500. The first-order chi connectivity index (χ1) is 8.56. The van der Waals surface area contributed by atoms with Crippen molar-refractivity contribution in [2.75, 3.05) is 18.5 Å². The lowest BCUT2D eigenvalue weighted by atomic mass is 9.84. The van der Waals surface area contributed by atoms with Crippen molar-refractivity contribution in [1.82, 2.24) is 10.3 Å². The SMILES string of the molecule is CSC1(CNC(=O)c2cc(N)ncc2Cl)CCC1. The van der Waals surface area contributed by atoms with Crippen LogP contribution >= 0.6 is 23.4 Å². The van der Waals surface area contributed by atoms with E-state index in [-0.39, 0.29) is 10.7 Å². The highest BCUT2D eigenvalue weighted by Gasteiger charge is 2.36.